The van der Waals surface area contributed by atoms with E-state index in [9.17, 15) is 13.2 Å². The van der Waals surface area contributed by atoms with E-state index in [0.717, 1.165) is 6.42 Å². The van der Waals surface area contributed by atoms with Crippen LogP contribution in [0.5, 0.6) is 0 Å². The summed E-state index contributed by atoms with van der Waals surface area (Å²) in [6.07, 6.45) is 0.845. The van der Waals surface area contributed by atoms with Gasteiger partial charge in [0.1, 0.15) is 0 Å². The molecule has 6 heteroatoms. The Morgan fingerprint density at radius 2 is 1.85 bits per heavy atom. The molecule has 0 aliphatic carbocycles. The lowest BCUT2D eigenvalue weighted by molar-refractivity contribution is 0.101. The maximum Gasteiger partial charge on any atom is 0.243 e. The molecule has 0 amide bonds. The highest BCUT2D eigenvalue weighted by Crippen LogP contribution is 2.23. The normalized spacial score (nSPS) is 20.5. The van der Waals surface area contributed by atoms with Crippen molar-refractivity contribution < 1.29 is 13.2 Å². The van der Waals surface area contributed by atoms with Gasteiger partial charge in [0.25, 0.3) is 0 Å². The molecule has 0 N–H and O–H groups in total. The Labute approximate surface area is 120 Å². The van der Waals surface area contributed by atoms with Crippen LogP contribution in [0.3, 0.4) is 0 Å². The molecular formula is C14H20N2O3S. The molecule has 5 nitrogen and oxygen atoms in total. The van der Waals surface area contributed by atoms with E-state index in [-0.39, 0.29) is 16.7 Å². The summed E-state index contributed by atoms with van der Waals surface area (Å²) >= 11 is 0. The Balaban J connectivity index is 2.21. The standard InChI is InChI=1S/C14H20N2O3S/c1-11(17)12-4-6-14(7-5-12)20(18,19)16-9-8-13(10-16)15(2)3/h4-7,13H,8-10H2,1-3H3. The predicted octanol–water partition coefficient (Wildman–Crippen LogP) is 1.21. The Hall–Kier alpha value is -1.24. The van der Waals surface area contributed by atoms with Gasteiger partial charge in [0.2, 0.25) is 10.0 Å². The summed E-state index contributed by atoms with van der Waals surface area (Å²) in [4.78, 5) is 13.5. The minimum atomic E-state index is -3.45. The number of likely N-dealkylation sites (N-methyl/N-ethyl adjacent to an activating group) is 1. The van der Waals surface area contributed by atoms with Crippen molar-refractivity contribution in [3.8, 4) is 0 Å². The van der Waals surface area contributed by atoms with Crippen LogP contribution < -0.4 is 0 Å². The van der Waals surface area contributed by atoms with Crippen molar-refractivity contribution in [2.45, 2.75) is 24.3 Å². The highest BCUT2D eigenvalue weighted by Gasteiger charge is 2.33. The van der Waals surface area contributed by atoms with Crippen molar-refractivity contribution in [2.75, 3.05) is 27.2 Å². The van der Waals surface area contributed by atoms with Crippen molar-refractivity contribution in [1.29, 1.82) is 0 Å². The van der Waals surface area contributed by atoms with Crippen LogP contribution in [0, 0.1) is 0 Å². The topological polar surface area (TPSA) is 57.7 Å². The number of hydrogen-bond donors (Lipinski definition) is 0. The predicted molar refractivity (Wildman–Crippen MR) is 77.3 cm³/mol. The molecule has 1 fully saturated rings. The molecule has 1 heterocycles. The van der Waals surface area contributed by atoms with E-state index in [1.807, 2.05) is 19.0 Å². The zero-order valence-electron chi connectivity index (χ0n) is 12.0. The van der Waals surface area contributed by atoms with Gasteiger partial charge in [-0.3, -0.25) is 4.79 Å². The molecule has 1 unspecified atom stereocenters. The summed E-state index contributed by atoms with van der Waals surface area (Å²) in [7, 11) is 0.469. The zero-order chi connectivity index (χ0) is 14.9. The van der Waals surface area contributed by atoms with Crippen molar-refractivity contribution in [2.24, 2.45) is 0 Å². The lowest BCUT2D eigenvalue weighted by Gasteiger charge is -2.20. The van der Waals surface area contributed by atoms with E-state index in [4.69, 9.17) is 0 Å². The van der Waals surface area contributed by atoms with Gasteiger partial charge in [-0.1, -0.05) is 12.1 Å². The first-order valence-electron chi connectivity index (χ1n) is 6.60. The number of Topliss-reactive ketones (excluding diaryl/α,β-unsaturated/α-hetero) is 1. The third-order valence-corrected chi connectivity index (χ3v) is 5.63. The second-order valence-corrected chi connectivity index (χ2v) is 7.29. The minimum absolute atomic E-state index is 0.0669. The first-order valence-corrected chi connectivity index (χ1v) is 8.04. The first-order chi connectivity index (χ1) is 9.32. The lowest BCUT2D eigenvalue weighted by atomic mass is 10.2. The molecule has 110 valence electrons. The largest absolute Gasteiger partial charge is 0.305 e. The summed E-state index contributed by atoms with van der Waals surface area (Å²) < 4.78 is 26.5. The third kappa shape index (κ3) is 2.92. The molecule has 1 aliphatic heterocycles. The molecule has 1 aliphatic rings. The van der Waals surface area contributed by atoms with Gasteiger partial charge in [0.05, 0.1) is 4.90 Å². The number of hydrogen-bond acceptors (Lipinski definition) is 4. The fourth-order valence-electron chi connectivity index (χ4n) is 2.36. The van der Waals surface area contributed by atoms with Crippen LogP contribution >= 0.6 is 0 Å². The lowest BCUT2D eigenvalue weighted by Crippen LogP contribution is -2.34. The van der Waals surface area contributed by atoms with Gasteiger partial charge in [-0.2, -0.15) is 4.31 Å². The van der Waals surface area contributed by atoms with E-state index in [1.54, 1.807) is 12.1 Å². The Morgan fingerprint density at radius 3 is 2.30 bits per heavy atom. The monoisotopic (exact) mass is 296 g/mol. The van der Waals surface area contributed by atoms with Gasteiger partial charge in [0, 0.05) is 24.7 Å². The molecule has 1 saturated heterocycles. The van der Waals surface area contributed by atoms with Crippen LogP contribution in [0.25, 0.3) is 0 Å². The van der Waals surface area contributed by atoms with E-state index in [1.165, 1.54) is 23.4 Å². The highest BCUT2D eigenvalue weighted by molar-refractivity contribution is 7.89. The van der Waals surface area contributed by atoms with Gasteiger partial charge >= 0.3 is 0 Å². The van der Waals surface area contributed by atoms with Crippen LogP contribution in [0.1, 0.15) is 23.7 Å². The number of benzene rings is 1. The van der Waals surface area contributed by atoms with E-state index in [2.05, 4.69) is 0 Å². The maximum atomic E-state index is 12.5. The number of sulfonamides is 1. The molecule has 0 bridgehead atoms. The van der Waals surface area contributed by atoms with Gasteiger partial charge in [-0.25, -0.2) is 8.42 Å². The molecule has 2 rings (SSSR count). The van der Waals surface area contributed by atoms with Crippen LogP contribution in [0.4, 0.5) is 0 Å². The molecule has 0 radical (unpaired) electrons. The minimum Gasteiger partial charge on any atom is -0.305 e. The smallest absolute Gasteiger partial charge is 0.243 e. The quantitative estimate of drug-likeness (QED) is 0.784. The fourth-order valence-corrected chi connectivity index (χ4v) is 3.85. The van der Waals surface area contributed by atoms with Crippen LogP contribution in [-0.2, 0) is 10.0 Å². The Morgan fingerprint density at radius 1 is 1.25 bits per heavy atom. The fraction of sp³-hybridized carbons (Fsp3) is 0.500. The Kier molecular flexibility index (Phi) is 4.27. The van der Waals surface area contributed by atoms with Gasteiger partial charge < -0.3 is 4.90 Å². The summed E-state index contributed by atoms with van der Waals surface area (Å²) in [6.45, 7) is 2.52. The number of carbonyl (C=O) groups excluding carboxylic acids is 1. The highest BCUT2D eigenvalue weighted by atomic mass is 32.2. The third-order valence-electron chi connectivity index (χ3n) is 3.76. The maximum absolute atomic E-state index is 12.5. The summed E-state index contributed by atoms with van der Waals surface area (Å²) in [5.74, 6) is -0.0669. The molecule has 1 aromatic rings. The van der Waals surface area contributed by atoms with E-state index < -0.39 is 10.0 Å². The molecule has 1 atom stereocenters. The van der Waals surface area contributed by atoms with Crippen molar-refractivity contribution in [3.05, 3.63) is 29.8 Å². The number of ketones is 1. The number of carbonyl (C=O) groups is 1. The van der Waals surface area contributed by atoms with Crippen molar-refractivity contribution >= 4 is 15.8 Å². The second-order valence-electron chi connectivity index (χ2n) is 5.35. The molecule has 20 heavy (non-hydrogen) atoms. The van der Waals surface area contributed by atoms with Crippen LogP contribution in [-0.4, -0.2) is 56.6 Å². The number of rotatable bonds is 4. The second kappa shape index (κ2) is 5.63. The van der Waals surface area contributed by atoms with Crippen molar-refractivity contribution in [1.82, 2.24) is 9.21 Å². The molecule has 1 aromatic carbocycles. The van der Waals surface area contributed by atoms with E-state index >= 15 is 0 Å². The van der Waals surface area contributed by atoms with Gasteiger partial charge in [-0.05, 0) is 39.6 Å². The summed E-state index contributed by atoms with van der Waals surface area (Å²) in [5.41, 5.74) is 0.525. The van der Waals surface area contributed by atoms with Crippen LogP contribution in [0.2, 0.25) is 0 Å². The van der Waals surface area contributed by atoms with Gasteiger partial charge in [0.15, 0.2) is 5.78 Å². The average molecular weight is 296 g/mol. The zero-order valence-corrected chi connectivity index (χ0v) is 12.9. The summed E-state index contributed by atoms with van der Waals surface area (Å²) in [5, 5.41) is 0. The van der Waals surface area contributed by atoms with Gasteiger partial charge in [-0.15, -0.1) is 0 Å². The first kappa shape index (κ1) is 15.2. The molecular weight excluding hydrogens is 276 g/mol. The van der Waals surface area contributed by atoms with Crippen molar-refractivity contribution in [3.63, 3.8) is 0 Å². The van der Waals surface area contributed by atoms with Crippen LogP contribution in [0.15, 0.2) is 29.2 Å². The Bertz CT molecular complexity index is 593. The van der Waals surface area contributed by atoms with E-state index in [0.29, 0.717) is 18.7 Å². The molecule has 0 saturated carbocycles. The summed E-state index contributed by atoms with van der Waals surface area (Å²) in [6, 6.07) is 6.41. The number of nitrogens with zero attached hydrogens (tertiary/aromatic N) is 2. The SMILES string of the molecule is CC(=O)c1ccc(S(=O)(=O)N2CCC(N(C)C)C2)cc1. The molecule has 0 aromatic heterocycles. The molecule has 0 spiro atoms. The average Bonchev–Trinajstić information content (AvgIpc) is 2.89.